The van der Waals surface area contributed by atoms with E-state index in [0.29, 0.717) is 13.0 Å². The van der Waals surface area contributed by atoms with E-state index in [1.165, 1.54) is 15.0 Å². The standard InChI is InChI=1S/C28H27N3OS/c1-19(20-9-3-2-4-10-20)31-28(32)26(16-22-17-29-25-13-7-6-12-24(22)25)30-18-23-15-21-11-5-8-14-27(21)33-23/h2-15,17,19,26,29-30H,16,18H2,1H3,(H,31,32). The van der Waals surface area contributed by atoms with Crippen LogP contribution in [-0.2, 0) is 17.8 Å². The summed E-state index contributed by atoms with van der Waals surface area (Å²) in [6, 6.07) is 28.5. The second-order valence-corrected chi connectivity index (χ2v) is 9.56. The molecular formula is C28H27N3OS. The van der Waals surface area contributed by atoms with Crippen molar-refractivity contribution in [2.75, 3.05) is 0 Å². The molecule has 2 unspecified atom stereocenters. The second kappa shape index (κ2) is 9.61. The number of carbonyl (C=O) groups excluding carboxylic acids is 1. The number of thiophene rings is 1. The number of aromatic amines is 1. The van der Waals surface area contributed by atoms with Gasteiger partial charge in [-0.15, -0.1) is 11.3 Å². The summed E-state index contributed by atoms with van der Waals surface area (Å²) in [7, 11) is 0. The van der Waals surface area contributed by atoms with Crippen LogP contribution in [0.3, 0.4) is 0 Å². The van der Waals surface area contributed by atoms with Gasteiger partial charge in [-0.05, 0) is 48.1 Å². The Morgan fingerprint density at radius 3 is 2.58 bits per heavy atom. The SMILES string of the molecule is CC(NC(=O)C(Cc1c[nH]c2ccccc12)NCc1cc2ccccc2s1)c1ccccc1. The van der Waals surface area contributed by atoms with Gasteiger partial charge in [-0.3, -0.25) is 4.79 Å². The molecule has 33 heavy (non-hydrogen) atoms. The molecule has 5 aromatic rings. The molecule has 2 aromatic heterocycles. The zero-order valence-corrected chi connectivity index (χ0v) is 19.4. The number of aromatic nitrogens is 1. The Balaban J connectivity index is 1.36. The zero-order valence-electron chi connectivity index (χ0n) is 18.5. The summed E-state index contributed by atoms with van der Waals surface area (Å²) >= 11 is 1.77. The quantitative estimate of drug-likeness (QED) is 0.271. The van der Waals surface area contributed by atoms with E-state index < -0.39 is 0 Å². The summed E-state index contributed by atoms with van der Waals surface area (Å²) < 4.78 is 1.27. The average molecular weight is 454 g/mol. The van der Waals surface area contributed by atoms with E-state index in [1.807, 2.05) is 55.6 Å². The van der Waals surface area contributed by atoms with E-state index in [-0.39, 0.29) is 18.0 Å². The second-order valence-electron chi connectivity index (χ2n) is 8.39. The molecule has 0 fully saturated rings. The predicted octanol–water partition coefficient (Wildman–Crippen LogP) is 5.96. The number of amides is 1. The molecule has 0 aliphatic heterocycles. The molecule has 0 saturated carbocycles. The summed E-state index contributed by atoms with van der Waals surface area (Å²) in [5, 5.41) is 9.16. The van der Waals surface area contributed by atoms with Gasteiger partial charge in [-0.2, -0.15) is 0 Å². The third kappa shape index (κ3) is 4.85. The van der Waals surface area contributed by atoms with Crippen LogP contribution in [-0.4, -0.2) is 16.9 Å². The van der Waals surface area contributed by atoms with E-state index in [0.717, 1.165) is 22.0 Å². The summed E-state index contributed by atoms with van der Waals surface area (Å²) in [5.41, 5.74) is 3.33. The highest BCUT2D eigenvalue weighted by molar-refractivity contribution is 7.19. The lowest BCUT2D eigenvalue weighted by Gasteiger charge is -2.21. The number of hydrogen-bond acceptors (Lipinski definition) is 3. The summed E-state index contributed by atoms with van der Waals surface area (Å²) in [6.07, 6.45) is 2.63. The minimum atomic E-state index is -0.347. The van der Waals surface area contributed by atoms with Gasteiger partial charge in [0.25, 0.3) is 0 Å². The third-order valence-electron chi connectivity index (χ3n) is 6.07. The normalized spacial score (nSPS) is 13.2. The largest absolute Gasteiger partial charge is 0.361 e. The first-order valence-corrected chi connectivity index (χ1v) is 12.1. The van der Waals surface area contributed by atoms with E-state index in [1.54, 1.807) is 11.3 Å². The molecule has 3 N–H and O–H groups in total. The van der Waals surface area contributed by atoms with Crippen LogP contribution in [0.4, 0.5) is 0 Å². The number of fused-ring (bicyclic) bond motifs is 2. The van der Waals surface area contributed by atoms with Gasteiger partial charge in [0.05, 0.1) is 12.1 Å². The Hall–Kier alpha value is -3.41. The molecule has 5 rings (SSSR count). The highest BCUT2D eigenvalue weighted by atomic mass is 32.1. The molecule has 0 spiro atoms. The molecule has 0 saturated heterocycles. The van der Waals surface area contributed by atoms with Crippen molar-refractivity contribution in [2.24, 2.45) is 0 Å². The van der Waals surface area contributed by atoms with E-state index >= 15 is 0 Å². The fourth-order valence-electron chi connectivity index (χ4n) is 4.26. The van der Waals surface area contributed by atoms with Gasteiger partial charge in [0.2, 0.25) is 5.91 Å². The Labute approximate surface area is 197 Å². The van der Waals surface area contributed by atoms with Crippen LogP contribution in [0.15, 0.2) is 91.1 Å². The molecule has 166 valence electrons. The molecule has 1 amide bonds. The van der Waals surface area contributed by atoms with Crippen LogP contribution in [0.1, 0.15) is 29.0 Å². The smallest absolute Gasteiger partial charge is 0.237 e. The van der Waals surface area contributed by atoms with Gasteiger partial charge in [-0.1, -0.05) is 66.7 Å². The van der Waals surface area contributed by atoms with Crippen molar-refractivity contribution < 1.29 is 4.79 Å². The van der Waals surface area contributed by atoms with Gasteiger partial charge in [0.15, 0.2) is 0 Å². The van der Waals surface area contributed by atoms with E-state index in [4.69, 9.17) is 0 Å². The topological polar surface area (TPSA) is 56.9 Å². The monoisotopic (exact) mass is 453 g/mol. The third-order valence-corrected chi connectivity index (χ3v) is 7.19. The van der Waals surface area contributed by atoms with Crippen LogP contribution < -0.4 is 10.6 Å². The summed E-state index contributed by atoms with van der Waals surface area (Å²) in [5.74, 6) is 0.0118. The van der Waals surface area contributed by atoms with Gasteiger partial charge in [0, 0.05) is 33.2 Å². The first-order valence-electron chi connectivity index (χ1n) is 11.3. The van der Waals surface area contributed by atoms with Crippen molar-refractivity contribution in [1.82, 2.24) is 15.6 Å². The van der Waals surface area contributed by atoms with Gasteiger partial charge in [0.1, 0.15) is 0 Å². The molecule has 3 aromatic carbocycles. The first-order chi connectivity index (χ1) is 16.2. The summed E-state index contributed by atoms with van der Waals surface area (Å²) in [6.45, 7) is 2.68. The van der Waals surface area contributed by atoms with Crippen LogP contribution in [0.25, 0.3) is 21.0 Å². The van der Waals surface area contributed by atoms with Crippen molar-refractivity contribution >= 4 is 38.2 Å². The maximum atomic E-state index is 13.4. The lowest BCUT2D eigenvalue weighted by Crippen LogP contribution is -2.46. The zero-order chi connectivity index (χ0) is 22.6. The number of carbonyl (C=O) groups is 1. The minimum Gasteiger partial charge on any atom is -0.361 e. The lowest BCUT2D eigenvalue weighted by atomic mass is 10.0. The molecule has 0 aliphatic rings. The molecule has 0 bridgehead atoms. The lowest BCUT2D eigenvalue weighted by molar-refractivity contribution is -0.123. The number of rotatable bonds is 8. The van der Waals surface area contributed by atoms with Crippen molar-refractivity contribution in [1.29, 1.82) is 0 Å². The average Bonchev–Trinajstić information content (AvgIpc) is 3.46. The van der Waals surface area contributed by atoms with E-state index in [2.05, 4.69) is 58.1 Å². The van der Waals surface area contributed by atoms with Crippen LogP contribution in [0, 0.1) is 0 Å². The number of benzene rings is 3. The number of hydrogen-bond donors (Lipinski definition) is 3. The number of nitrogens with one attached hydrogen (secondary N) is 3. The molecule has 2 heterocycles. The Morgan fingerprint density at radius 2 is 1.73 bits per heavy atom. The van der Waals surface area contributed by atoms with Crippen LogP contribution in [0.5, 0.6) is 0 Å². The fraction of sp³-hybridized carbons (Fsp3) is 0.179. The van der Waals surface area contributed by atoms with Gasteiger partial charge < -0.3 is 15.6 Å². The van der Waals surface area contributed by atoms with Crippen LogP contribution in [0.2, 0.25) is 0 Å². The number of para-hydroxylation sites is 1. The van der Waals surface area contributed by atoms with E-state index in [9.17, 15) is 4.79 Å². The fourth-order valence-corrected chi connectivity index (χ4v) is 5.28. The van der Waals surface area contributed by atoms with Gasteiger partial charge in [-0.25, -0.2) is 0 Å². The number of H-pyrrole nitrogens is 1. The molecular weight excluding hydrogens is 426 g/mol. The molecule has 4 nitrogen and oxygen atoms in total. The maximum absolute atomic E-state index is 13.4. The maximum Gasteiger partial charge on any atom is 0.237 e. The molecule has 5 heteroatoms. The predicted molar refractivity (Wildman–Crippen MR) is 137 cm³/mol. The first kappa shape index (κ1) is 21.4. The highest BCUT2D eigenvalue weighted by Gasteiger charge is 2.22. The van der Waals surface area contributed by atoms with Crippen molar-refractivity contribution in [3.63, 3.8) is 0 Å². The molecule has 2 atom stereocenters. The van der Waals surface area contributed by atoms with Crippen molar-refractivity contribution in [2.45, 2.75) is 32.0 Å². The molecule has 0 radical (unpaired) electrons. The minimum absolute atomic E-state index is 0.0118. The van der Waals surface area contributed by atoms with Crippen LogP contribution >= 0.6 is 11.3 Å². The Kier molecular flexibility index (Phi) is 6.24. The Bertz CT molecular complexity index is 1340. The van der Waals surface area contributed by atoms with Crippen molar-refractivity contribution in [3.8, 4) is 0 Å². The summed E-state index contributed by atoms with van der Waals surface area (Å²) in [4.78, 5) is 18.0. The Morgan fingerprint density at radius 1 is 0.970 bits per heavy atom. The van der Waals surface area contributed by atoms with Gasteiger partial charge >= 0.3 is 0 Å². The van der Waals surface area contributed by atoms with Crippen molar-refractivity contribution in [3.05, 3.63) is 107 Å². The molecule has 0 aliphatic carbocycles. The highest BCUT2D eigenvalue weighted by Crippen LogP contribution is 2.25.